The summed E-state index contributed by atoms with van der Waals surface area (Å²) in [5.74, 6) is -0.431. The van der Waals surface area contributed by atoms with Crippen molar-refractivity contribution in [1.82, 2.24) is 0 Å². The van der Waals surface area contributed by atoms with E-state index in [2.05, 4.69) is 45.0 Å². The topological polar surface area (TPSA) is 74.2 Å². The van der Waals surface area contributed by atoms with E-state index in [1.807, 2.05) is 36.4 Å². The lowest BCUT2D eigenvalue weighted by molar-refractivity contribution is -0.303. The Morgan fingerprint density at radius 3 is 2.08 bits per heavy atom. The van der Waals surface area contributed by atoms with Crippen LogP contribution >= 0.6 is 0 Å². The highest BCUT2D eigenvalue weighted by Crippen LogP contribution is 2.67. The maximum atomic E-state index is 12.3. The van der Waals surface area contributed by atoms with Gasteiger partial charge in [-0.25, -0.2) is 0 Å². The molecule has 2 aliphatic carbocycles. The van der Waals surface area contributed by atoms with Crippen molar-refractivity contribution >= 4 is 5.97 Å². The van der Waals surface area contributed by atoms with Gasteiger partial charge < -0.3 is 24.1 Å². The van der Waals surface area contributed by atoms with Gasteiger partial charge in [0.1, 0.15) is 11.7 Å². The van der Waals surface area contributed by atoms with E-state index in [-0.39, 0.29) is 36.6 Å². The summed E-state index contributed by atoms with van der Waals surface area (Å²) in [6, 6.07) is 20.3. The maximum Gasteiger partial charge on any atom is 0.302 e. The van der Waals surface area contributed by atoms with Crippen LogP contribution < -0.4 is 0 Å². The fourth-order valence-electron chi connectivity index (χ4n) is 7.49. The van der Waals surface area contributed by atoms with Gasteiger partial charge >= 0.3 is 5.97 Å². The molecule has 0 amide bonds. The van der Waals surface area contributed by atoms with Crippen LogP contribution in [0.5, 0.6) is 0 Å². The zero-order chi connectivity index (χ0) is 26.3. The van der Waals surface area contributed by atoms with E-state index in [1.165, 1.54) is 6.92 Å². The van der Waals surface area contributed by atoms with Crippen LogP contribution in [0.3, 0.4) is 0 Å². The molecule has 1 N–H and O–H groups in total. The Morgan fingerprint density at radius 1 is 0.919 bits per heavy atom. The summed E-state index contributed by atoms with van der Waals surface area (Å²) in [6.07, 6.45) is 1.12. The first-order chi connectivity index (χ1) is 17.7. The number of fused-ring (bicyclic) bond motifs is 1. The third-order valence-corrected chi connectivity index (χ3v) is 9.24. The van der Waals surface area contributed by atoms with Crippen molar-refractivity contribution in [3.63, 3.8) is 0 Å². The van der Waals surface area contributed by atoms with E-state index in [1.54, 1.807) is 0 Å². The van der Waals surface area contributed by atoms with Gasteiger partial charge in [0.25, 0.3) is 0 Å². The molecule has 1 heterocycles. The summed E-state index contributed by atoms with van der Waals surface area (Å²) in [5, 5.41) is 10.7. The lowest BCUT2D eigenvalue weighted by Crippen LogP contribution is -2.73. The van der Waals surface area contributed by atoms with Crippen LogP contribution in [0.1, 0.15) is 58.1 Å². The highest BCUT2D eigenvalue weighted by atomic mass is 16.6. The first-order valence-electron chi connectivity index (χ1n) is 13.5. The SMILES string of the molecule is CC(=O)O[C@H]1CC[C@@H](CO)[C@]23OC(C)(C)[C@H](C[C@H](OCc4ccccc4)[C@@]12C)[C@H]3OCc1ccccc1. The van der Waals surface area contributed by atoms with E-state index < -0.39 is 22.7 Å². The molecule has 2 saturated carbocycles. The van der Waals surface area contributed by atoms with Crippen molar-refractivity contribution in [3.05, 3.63) is 71.8 Å². The Morgan fingerprint density at radius 2 is 1.51 bits per heavy atom. The molecule has 0 radical (unpaired) electrons. The van der Waals surface area contributed by atoms with Crippen molar-refractivity contribution in [3.8, 4) is 0 Å². The average Bonchev–Trinajstić information content (AvgIpc) is 3.06. The largest absolute Gasteiger partial charge is 0.462 e. The molecule has 7 atom stereocenters. The average molecular weight is 509 g/mol. The molecule has 2 aromatic carbocycles. The van der Waals surface area contributed by atoms with E-state index in [0.717, 1.165) is 11.1 Å². The van der Waals surface area contributed by atoms with Gasteiger partial charge in [0.2, 0.25) is 0 Å². The molecule has 2 bridgehead atoms. The van der Waals surface area contributed by atoms with Crippen LogP contribution in [0.2, 0.25) is 0 Å². The highest BCUT2D eigenvalue weighted by Gasteiger charge is 2.78. The smallest absolute Gasteiger partial charge is 0.302 e. The highest BCUT2D eigenvalue weighted by molar-refractivity contribution is 5.66. The summed E-state index contributed by atoms with van der Waals surface area (Å²) in [4.78, 5) is 12.3. The second-order valence-corrected chi connectivity index (χ2v) is 11.7. The summed E-state index contributed by atoms with van der Waals surface area (Å²) < 4.78 is 26.6. The Bertz CT molecular complexity index is 1070. The molecule has 5 rings (SSSR count). The molecule has 6 nitrogen and oxygen atoms in total. The number of ether oxygens (including phenoxy) is 4. The molecule has 0 aromatic heterocycles. The molecular formula is C31H40O6. The summed E-state index contributed by atoms with van der Waals surface area (Å²) in [5.41, 5.74) is 0.0914. The van der Waals surface area contributed by atoms with Gasteiger partial charge in [-0.1, -0.05) is 67.6 Å². The zero-order valence-corrected chi connectivity index (χ0v) is 22.4. The van der Waals surface area contributed by atoms with Crippen molar-refractivity contribution in [2.75, 3.05) is 6.61 Å². The predicted molar refractivity (Wildman–Crippen MR) is 140 cm³/mol. The fraction of sp³-hybridized carbons (Fsp3) is 0.581. The minimum absolute atomic E-state index is 0.0260. The number of rotatable bonds is 8. The standard InChI is InChI=1S/C31H40O6/c1-21(33)36-26-16-15-24(18-32)31-28(35-20-23-13-9-6-10-14-23)25(29(2,3)37-31)17-27(30(26,31)4)34-19-22-11-7-5-8-12-22/h5-14,24-28,32H,15-20H2,1-4H3/t24-,25+,26-,27-,28+,30+,31+/m0/s1. The van der Waals surface area contributed by atoms with Crippen LogP contribution in [0.4, 0.5) is 0 Å². The van der Waals surface area contributed by atoms with E-state index in [0.29, 0.717) is 32.5 Å². The number of hydrogen-bond acceptors (Lipinski definition) is 6. The molecule has 37 heavy (non-hydrogen) atoms. The molecular weight excluding hydrogens is 468 g/mol. The first-order valence-corrected chi connectivity index (χ1v) is 13.5. The van der Waals surface area contributed by atoms with Gasteiger partial charge in [-0.05, 0) is 44.2 Å². The van der Waals surface area contributed by atoms with E-state index in [4.69, 9.17) is 18.9 Å². The van der Waals surface area contributed by atoms with Gasteiger partial charge in [0, 0.05) is 25.4 Å². The van der Waals surface area contributed by atoms with Crippen molar-refractivity contribution in [2.24, 2.45) is 17.3 Å². The normalized spacial score (nSPS) is 36.1. The molecule has 200 valence electrons. The molecule has 2 aromatic rings. The fourth-order valence-corrected chi connectivity index (χ4v) is 7.49. The number of carbonyl (C=O) groups is 1. The third kappa shape index (κ3) is 4.42. The summed E-state index contributed by atoms with van der Waals surface area (Å²) in [6.45, 7) is 8.71. The van der Waals surface area contributed by atoms with Gasteiger partial charge in [-0.3, -0.25) is 4.79 Å². The zero-order valence-electron chi connectivity index (χ0n) is 22.4. The van der Waals surface area contributed by atoms with Crippen LogP contribution in [-0.2, 0) is 37.0 Å². The Kier molecular flexibility index (Phi) is 7.22. The van der Waals surface area contributed by atoms with Crippen LogP contribution in [-0.4, -0.2) is 47.2 Å². The second kappa shape index (κ2) is 10.1. The van der Waals surface area contributed by atoms with Gasteiger partial charge in [-0.2, -0.15) is 0 Å². The number of esters is 1. The molecule has 1 saturated heterocycles. The number of hydrogen-bond donors (Lipinski definition) is 1. The van der Waals surface area contributed by atoms with Gasteiger partial charge in [0.05, 0.1) is 36.4 Å². The first kappa shape index (κ1) is 26.4. The van der Waals surface area contributed by atoms with Crippen LogP contribution in [0.15, 0.2) is 60.7 Å². The lowest BCUT2D eigenvalue weighted by atomic mass is 9.49. The van der Waals surface area contributed by atoms with Crippen LogP contribution in [0, 0.1) is 17.3 Å². The maximum absolute atomic E-state index is 12.3. The third-order valence-electron chi connectivity index (χ3n) is 9.24. The second-order valence-electron chi connectivity index (χ2n) is 11.7. The Balaban J connectivity index is 1.57. The predicted octanol–water partition coefficient (Wildman–Crippen LogP) is 5.07. The van der Waals surface area contributed by atoms with Crippen molar-refractivity contribution in [1.29, 1.82) is 0 Å². The van der Waals surface area contributed by atoms with E-state index in [9.17, 15) is 9.90 Å². The minimum atomic E-state index is -0.872. The van der Waals surface area contributed by atoms with E-state index >= 15 is 0 Å². The number of carbonyl (C=O) groups excluding carboxylic acids is 1. The van der Waals surface area contributed by atoms with Gasteiger partial charge in [-0.15, -0.1) is 0 Å². The molecule has 0 unspecified atom stereocenters. The molecule has 1 aliphatic heterocycles. The monoisotopic (exact) mass is 508 g/mol. The molecule has 3 fully saturated rings. The quantitative estimate of drug-likeness (QED) is 0.502. The molecule has 1 spiro atoms. The van der Waals surface area contributed by atoms with Crippen LogP contribution in [0.25, 0.3) is 0 Å². The number of aliphatic hydroxyl groups is 1. The Labute approximate surface area is 220 Å². The van der Waals surface area contributed by atoms with Crippen molar-refractivity contribution in [2.45, 2.75) is 89.7 Å². The van der Waals surface area contributed by atoms with Crippen molar-refractivity contribution < 1.29 is 28.8 Å². The Hall–Kier alpha value is -2.25. The summed E-state index contributed by atoms with van der Waals surface area (Å²) in [7, 11) is 0. The number of aliphatic hydroxyl groups excluding tert-OH is 1. The summed E-state index contributed by atoms with van der Waals surface area (Å²) >= 11 is 0. The molecule has 6 heteroatoms. The number of benzene rings is 2. The molecule has 3 aliphatic rings. The minimum Gasteiger partial charge on any atom is -0.462 e. The lowest BCUT2D eigenvalue weighted by Gasteiger charge is -2.62. The van der Waals surface area contributed by atoms with Gasteiger partial charge in [0.15, 0.2) is 0 Å².